The summed E-state index contributed by atoms with van der Waals surface area (Å²) in [6.45, 7) is 6.86. The first-order chi connectivity index (χ1) is 15.0. The van der Waals surface area contributed by atoms with Gasteiger partial charge in [0.1, 0.15) is 6.33 Å². The van der Waals surface area contributed by atoms with Crippen molar-refractivity contribution >= 4 is 16.6 Å². The Hall–Kier alpha value is -2.86. The molecule has 3 N–H and O–H groups in total. The van der Waals surface area contributed by atoms with Crippen LogP contribution in [0.1, 0.15) is 63.0 Å². The van der Waals surface area contributed by atoms with Gasteiger partial charge in [-0.2, -0.15) is 5.10 Å². The molecule has 1 aliphatic carbocycles. The summed E-state index contributed by atoms with van der Waals surface area (Å²) in [6, 6.07) is 9.35. The lowest BCUT2D eigenvalue weighted by Crippen LogP contribution is -2.31. The Labute approximate surface area is 182 Å². The maximum Gasteiger partial charge on any atom is 0.197 e. The van der Waals surface area contributed by atoms with E-state index in [-0.39, 0.29) is 0 Å². The predicted octanol–water partition coefficient (Wildman–Crippen LogP) is 5.24. The number of hydrogen-bond acceptors (Lipinski definition) is 4. The second-order valence-electron chi connectivity index (χ2n) is 9.36. The summed E-state index contributed by atoms with van der Waals surface area (Å²) >= 11 is 0. The number of methoxy groups -OCH3 is 1. The number of pyridine rings is 1. The van der Waals surface area contributed by atoms with Gasteiger partial charge in [0.2, 0.25) is 0 Å². The lowest BCUT2D eigenvalue weighted by atomic mass is 9.74. The first kappa shape index (κ1) is 20.1. The van der Waals surface area contributed by atoms with Gasteiger partial charge >= 0.3 is 0 Å². The van der Waals surface area contributed by atoms with E-state index in [0.29, 0.717) is 23.8 Å². The molecule has 3 atom stereocenters. The minimum absolute atomic E-state index is 0.349. The first-order valence-electron chi connectivity index (χ1n) is 11.2. The number of fused-ring (bicyclic) bond motifs is 2. The van der Waals surface area contributed by atoms with Crippen molar-refractivity contribution in [2.24, 2.45) is 11.7 Å². The molecule has 3 unspecified atom stereocenters. The lowest BCUT2D eigenvalue weighted by Gasteiger charge is -2.32. The van der Waals surface area contributed by atoms with Crippen LogP contribution >= 0.6 is 0 Å². The largest absolute Gasteiger partial charge is 0.493 e. The highest BCUT2D eigenvalue weighted by Crippen LogP contribution is 2.41. The Bertz CT molecular complexity index is 1240. The summed E-state index contributed by atoms with van der Waals surface area (Å²) < 4.78 is 7.37. The van der Waals surface area contributed by atoms with Crippen molar-refractivity contribution < 1.29 is 4.74 Å². The molecular formula is C25H31N5O. The zero-order valence-electron chi connectivity index (χ0n) is 18.7. The van der Waals surface area contributed by atoms with Gasteiger partial charge in [-0.15, -0.1) is 0 Å². The third kappa shape index (κ3) is 3.39. The lowest BCUT2D eigenvalue weighted by molar-refractivity contribution is 0.298. The van der Waals surface area contributed by atoms with E-state index in [2.05, 4.69) is 54.0 Å². The number of aromatic amines is 1. The Morgan fingerprint density at radius 1 is 1.23 bits per heavy atom. The summed E-state index contributed by atoms with van der Waals surface area (Å²) in [6.07, 6.45) is 6.96. The number of nitrogens with two attached hydrogens (primary N) is 1. The van der Waals surface area contributed by atoms with Crippen LogP contribution in [0.3, 0.4) is 0 Å². The molecule has 0 bridgehead atoms. The topological polar surface area (TPSA) is 81.2 Å². The molecule has 5 rings (SSSR count). The van der Waals surface area contributed by atoms with Crippen LogP contribution in [0, 0.1) is 5.92 Å². The standard InChI is InChI=1S/C25H31N5O/c1-14(2)23-20-10-16(19-7-6-18(26)9-15(19)3)5-8-21(20)29-24(23)17-11-22(31-4)25-27-13-28-30(25)12-17/h5,8,10-15,18-19,29H,6-7,9,26H2,1-4H3. The zero-order valence-corrected chi connectivity index (χ0v) is 18.7. The average molecular weight is 418 g/mol. The summed E-state index contributed by atoms with van der Waals surface area (Å²) in [5.74, 6) is 2.28. The number of benzene rings is 1. The number of hydrogen-bond donors (Lipinski definition) is 2. The highest BCUT2D eigenvalue weighted by Gasteiger charge is 2.28. The van der Waals surface area contributed by atoms with E-state index in [9.17, 15) is 0 Å². The minimum Gasteiger partial charge on any atom is -0.493 e. The highest BCUT2D eigenvalue weighted by molar-refractivity contribution is 5.92. The third-order valence-electron chi connectivity index (χ3n) is 6.93. The number of rotatable bonds is 4. The molecule has 0 spiro atoms. The van der Waals surface area contributed by atoms with Crippen LogP contribution in [0.2, 0.25) is 0 Å². The first-order valence-corrected chi connectivity index (χ1v) is 11.2. The van der Waals surface area contributed by atoms with E-state index < -0.39 is 0 Å². The normalized spacial score (nSPS) is 21.9. The van der Waals surface area contributed by atoms with E-state index in [1.165, 1.54) is 28.5 Å². The second-order valence-corrected chi connectivity index (χ2v) is 9.36. The Balaban J connectivity index is 1.65. The van der Waals surface area contributed by atoms with Gasteiger partial charge < -0.3 is 15.5 Å². The van der Waals surface area contributed by atoms with Gasteiger partial charge in [-0.25, -0.2) is 9.50 Å². The van der Waals surface area contributed by atoms with Gasteiger partial charge in [0.25, 0.3) is 0 Å². The van der Waals surface area contributed by atoms with E-state index in [0.717, 1.165) is 35.5 Å². The number of H-pyrrole nitrogens is 1. The third-order valence-corrected chi connectivity index (χ3v) is 6.93. The Morgan fingerprint density at radius 2 is 2.06 bits per heavy atom. The van der Waals surface area contributed by atoms with Gasteiger partial charge in [0.15, 0.2) is 11.4 Å². The van der Waals surface area contributed by atoms with Crippen molar-refractivity contribution in [3.05, 3.63) is 47.9 Å². The Morgan fingerprint density at radius 3 is 2.81 bits per heavy atom. The molecule has 1 aliphatic rings. The highest BCUT2D eigenvalue weighted by atomic mass is 16.5. The van der Waals surface area contributed by atoms with E-state index >= 15 is 0 Å². The summed E-state index contributed by atoms with van der Waals surface area (Å²) in [5.41, 5.74) is 13.0. The SMILES string of the molecule is COc1cc(-c2[nH]c3ccc(C4CCC(N)CC4C)cc3c2C(C)C)cn2ncnc12. The van der Waals surface area contributed by atoms with Crippen LogP contribution in [0.5, 0.6) is 5.75 Å². The predicted molar refractivity (Wildman–Crippen MR) is 125 cm³/mol. The second kappa shape index (κ2) is 7.68. The van der Waals surface area contributed by atoms with Crippen LogP contribution in [-0.4, -0.2) is 32.7 Å². The Kier molecular flexibility index (Phi) is 4.97. The number of ether oxygens (including phenoxy) is 1. The molecule has 0 aliphatic heterocycles. The molecule has 0 amide bonds. The molecule has 4 aromatic rings. The molecule has 31 heavy (non-hydrogen) atoms. The van der Waals surface area contributed by atoms with Crippen molar-refractivity contribution in [2.75, 3.05) is 7.11 Å². The molecule has 3 heterocycles. The van der Waals surface area contributed by atoms with E-state index in [1.54, 1.807) is 18.0 Å². The minimum atomic E-state index is 0.349. The quantitative estimate of drug-likeness (QED) is 0.476. The van der Waals surface area contributed by atoms with Crippen molar-refractivity contribution in [1.29, 1.82) is 0 Å². The molecule has 1 aromatic carbocycles. The van der Waals surface area contributed by atoms with Crippen molar-refractivity contribution in [2.45, 2.75) is 57.9 Å². The molecule has 0 saturated heterocycles. The maximum atomic E-state index is 6.22. The number of nitrogens with one attached hydrogen (secondary N) is 1. The van der Waals surface area contributed by atoms with Crippen molar-refractivity contribution in [1.82, 2.24) is 19.6 Å². The van der Waals surface area contributed by atoms with Crippen LogP contribution in [-0.2, 0) is 0 Å². The molecule has 162 valence electrons. The van der Waals surface area contributed by atoms with E-state index in [1.807, 2.05) is 12.3 Å². The van der Waals surface area contributed by atoms with Gasteiger partial charge in [0, 0.05) is 28.7 Å². The van der Waals surface area contributed by atoms with Crippen molar-refractivity contribution in [3.8, 4) is 17.0 Å². The van der Waals surface area contributed by atoms with Gasteiger partial charge in [-0.3, -0.25) is 0 Å². The van der Waals surface area contributed by atoms with Crippen molar-refractivity contribution in [3.63, 3.8) is 0 Å². The zero-order chi connectivity index (χ0) is 21.7. The smallest absolute Gasteiger partial charge is 0.197 e. The number of aromatic nitrogens is 4. The fourth-order valence-electron chi connectivity index (χ4n) is 5.40. The molecule has 6 nitrogen and oxygen atoms in total. The molecule has 0 radical (unpaired) electrons. The fraction of sp³-hybridized carbons (Fsp3) is 0.440. The van der Waals surface area contributed by atoms with E-state index in [4.69, 9.17) is 10.5 Å². The molecule has 1 fully saturated rings. The van der Waals surface area contributed by atoms with Gasteiger partial charge in [-0.1, -0.05) is 26.8 Å². The van der Waals surface area contributed by atoms with Crippen LogP contribution < -0.4 is 10.5 Å². The molecule has 1 saturated carbocycles. The van der Waals surface area contributed by atoms with Crippen LogP contribution in [0.25, 0.3) is 27.8 Å². The summed E-state index contributed by atoms with van der Waals surface area (Å²) in [4.78, 5) is 7.99. The molecular weight excluding hydrogens is 386 g/mol. The average Bonchev–Trinajstić information content (AvgIpc) is 3.37. The number of nitrogens with zero attached hydrogens (tertiary/aromatic N) is 3. The monoisotopic (exact) mass is 417 g/mol. The fourth-order valence-corrected chi connectivity index (χ4v) is 5.40. The van der Waals surface area contributed by atoms with Gasteiger partial charge in [-0.05, 0) is 66.3 Å². The molecule has 6 heteroatoms. The molecule has 3 aromatic heterocycles. The van der Waals surface area contributed by atoms with Gasteiger partial charge in [0.05, 0.1) is 12.8 Å². The summed E-state index contributed by atoms with van der Waals surface area (Å²) in [7, 11) is 1.67. The maximum absolute atomic E-state index is 6.22. The van der Waals surface area contributed by atoms with Crippen LogP contribution in [0.4, 0.5) is 0 Å². The van der Waals surface area contributed by atoms with Crippen LogP contribution in [0.15, 0.2) is 36.8 Å². The summed E-state index contributed by atoms with van der Waals surface area (Å²) in [5, 5.41) is 5.64.